The molecule has 1 N–H and O–H groups in total. The third kappa shape index (κ3) is 3.94. The van der Waals surface area contributed by atoms with Gasteiger partial charge in [0.1, 0.15) is 0 Å². The first-order chi connectivity index (χ1) is 13.8. The van der Waals surface area contributed by atoms with Crippen molar-refractivity contribution in [2.45, 2.75) is 31.7 Å². The number of benzene rings is 2. The highest BCUT2D eigenvalue weighted by atomic mass is 16.2. The number of rotatable bonds is 6. The maximum absolute atomic E-state index is 13.3. The fourth-order valence-electron chi connectivity index (χ4n) is 4.50. The van der Waals surface area contributed by atoms with Crippen LogP contribution in [0, 0.1) is 0 Å². The lowest BCUT2D eigenvalue weighted by Crippen LogP contribution is -2.45. The minimum Gasteiger partial charge on any atom is -0.334 e. The molecule has 2 aromatic rings. The zero-order valence-corrected chi connectivity index (χ0v) is 16.1. The predicted octanol–water partition coefficient (Wildman–Crippen LogP) is 3.02. The van der Waals surface area contributed by atoms with E-state index in [2.05, 4.69) is 39.4 Å². The van der Waals surface area contributed by atoms with E-state index in [4.69, 9.17) is 0 Å². The third-order valence-electron chi connectivity index (χ3n) is 5.94. The van der Waals surface area contributed by atoms with Crippen LogP contribution in [0.4, 0.5) is 5.69 Å². The van der Waals surface area contributed by atoms with Gasteiger partial charge in [0.05, 0.1) is 12.5 Å². The van der Waals surface area contributed by atoms with Crippen molar-refractivity contribution in [3.05, 3.63) is 65.2 Å². The Bertz CT molecular complexity index is 845. The van der Waals surface area contributed by atoms with Gasteiger partial charge in [-0.3, -0.25) is 9.59 Å². The zero-order chi connectivity index (χ0) is 19.3. The molecule has 0 radical (unpaired) electrons. The van der Waals surface area contributed by atoms with Crippen molar-refractivity contribution < 1.29 is 9.59 Å². The first kappa shape index (κ1) is 18.7. The van der Waals surface area contributed by atoms with Gasteiger partial charge < -0.3 is 15.1 Å². The van der Waals surface area contributed by atoms with E-state index in [1.54, 1.807) is 0 Å². The van der Waals surface area contributed by atoms with Gasteiger partial charge in [-0.25, -0.2) is 0 Å². The average molecular weight is 377 g/mol. The summed E-state index contributed by atoms with van der Waals surface area (Å²) in [6.07, 6.45) is 4.35. The molecule has 5 heteroatoms. The van der Waals surface area contributed by atoms with Gasteiger partial charge in [0.15, 0.2) is 0 Å². The van der Waals surface area contributed by atoms with Gasteiger partial charge in [-0.15, -0.1) is 0 Å². The van der Waals surface area contributed by atoms with Gasteiger partial charge >= 0.3 is 0 Å². The Hall–Kier alpha value is -2.66. The van der Waals surface area contributed by atoms with E-state index in [0.29, 0.717) is 18.5 Å². The molecule has 2 aromatic carbocycles. The van der Waals surface area contributed by atoms with Crippen molar-refractivity contribution in [2.75, 3.05) is 31.5 Å². The second-order valence-electron chi connectivity index (χ2n) is 7.66. The Balaban J connectivity index is 1.58. The summed E-state index contributed by atoms with van der Waals surface area (Å²) >= 11 is 0. The van der Waals surface area contributed by atoms with E-state index in [1.165, 1.54) is 24.0 Å². The summed E-state index contributed by atoms with van der Waals surface area (Å²) in [4.78, 5) is 28.7. The summed E-state index contributed by atoms with van der Waals surface area (Å²) in [6, 6.07) is 16.2. The SMILES string of the molecule is O=CNc1ccccc1CC(=O)N1CCc2ccccc2C1CN1CCCC1. The number of carbonyl (C=O) groups excluding carboxylic acids is 2. The van der Waals surface area contributed by atoms with Gasteiger partial charge in [-0.2, -0.15) is 0 Å². The molecule has 1 saturated heterocycles. The largest absolute Gasteiger partial charge is 0.334 e. The minimum atomic E-state index is 0.0988. The van der Waals surface area contributed by atoms with Gasteiger partial charge in [0.25, 0.3) is 0 Å². The molecule has 2 aliphatic heterocycles. The smallest absolute Gasteiger partial charge is 0.227 e. The summed E-state index contributed by atoms with van der Waals surface area (Å²) in [5.41, 5.74) is 4.21. The predicted molar refractivity (Wildman–Crippen MR) is 110 cm³/mol. The minimum absolute atomic E-state index is 0.0988. The van der Waals surface area contributed by atoms with Crippen LogP contribution in [-0.2, 0) is 22.4 Å². The van der Waals surface area contributed by atoms with E-state index in [1.807, 2.05) is 24.3 Å². The zero-order valence-electron chi connectivity index (χ0n) is 16.1. The van der Waals surface area contributed by atoms with Crippen LogP contribution in [0.5, 0.6) is 0 Å². The standard InChI is InChI=1S/C23H27N3O2/c27-17-24-21-10-4-2-8-19(21)15-23(28)26-14-11-18-7-1-3-9-20(18)22(26)16-25-12-5-6-13-25/h1-4,7-10,17,22H,5-6,11-16H2,(H,24,27). The van der Waals surface area contributed by atoms with Crippen molar-refractivity contribution in [1.82, 2.24) is 9.80 Å². The van der Waals surface area contributed by atoms with Crippen molar-refractivity contribution in [3.8, 4) is 0 Å². The summed E-state index contributed by atoms with van der Waals surface area (Å²) in [7, 11) is 0. The van der Waals surface area contributed by atoms with Gasteiger partial charge in [-0.05, 0) is 55.1 Å². The molecule has 2 heterocycles. The molecular formula is C23H27N3O2. The lowest BCUT2D eigenvalue weighted by Gasteiger charge is -2.39. The highest BCUT2D eigenvalue weighted by Crippen LogP contribution is 2.32. The normalized spacial score (nSPS) is 19.3. The number of nitrogens with zero attached hydrogens (tertiary/aromatic N) is 2. The van der Waals surface area contributed by atoms with Crippen LogP contribution >= 0.6 is 0 Å². The van der Waals surface area contributed by atoms with Gasteiger partial charge in [0.2, 0.25) is 12.3 Å². The first-order valence-electron chi connectivity index (χ1n) is 10.1. The molecule has 5 nitrogen and oxygen atoms in total. The van der Waals surface area contributed by atoms with Crippen LogP contribution in [0.25, 0.3) is 0 Å². The first-order valence-corrected chi connectivity index (χ1v) is 10.1. The number of carbonyl (C=O) groups is 2. The summed E-state index contributed by atoms with van der Waals surface area (Å²) in [5.74, 6) is 0.124. The van der Waals surface area contributed by atoms with Crippen LogP contribution in [0.1, 0.15) is 35.6 Å². The van der Waals surface area contributed by atoms with Crippen molar-refractivity contribution in [3.63, 3.8) is 0 Å². The number of fused-ring (bicyclic) bond motifs is 1. The lowest BCUT2D eigenvalue weighted by atomic mass is 9.91. The van der Waals surface area contributed by atoms with Crippen LogP contribution in [0.15, 0.2) is 48.5 Å². The average Bonchev–Trinajstić information content (AvgIpc) is 3.23. The Kier molecular flexibility index (Phi) is 5.72. The van der Waals surface area contributed by atoms with Crippen LogP contribution in [-0.4, -0.2) is 48.3 Å². The van der Waals surface area contributed by atoms with Crippen molar-refractivity contribution in [2.24, 2.45) is 0 Å². The molecule has 4 rings (SSSR count). The van der Waals surface area contributed by atoms with Gasteiger partial charge in [-0.1, -0.05) is 42.5 Å². The fraction of sp³-hybridized carbons (Fsp3) is 0.391. The molecule has 0 saturated carbocycles. The topological polar surface area (TPSA) is 52.7 Å². The highest BCUT2D eigenvalue weighted by molar-refractivity contribution is 5.83. The second kappa shape index (κ2) is 8.57. The molecule has 1 unspecified atom stereocenters. The number of nitrogens with one attached hydrogen (secondary N) is 1. The van der Waals surface area contributed by atoms with Gasteiger partial charge in [0, 0.05) is 18.8 Å². The highest BCUT2D eigenvalue weighted by Gasteiger charge is 2.32. The molecule has 1 fully saturated rings. The number of hydrogen-bond acceptors (Lipinski definition) is 3. The monoisotopic (exact) mass is 377 g/mol. The molecule has 28 heavy (non-hydrogen) atoms. The molecule has 146 valence electrons. The van der Waals surface area contributed by atoms with E-state index < -0.39 is 0 Å². The van der Waals surface area contributed by atoms with E-state index >= 15 is 0 Å². The molecule has 2 amide bonds. The molecule has 1 atom stereocenters. The quantitative estimate of drug-likeness (QED) is 0.788. The van der Waals surface area contributed by atoms with Crippen molar-refractivity contribution in [1.29, 1.82) is 0 Å². The molecule has 0 spiro atoms. The fourth-order valence-corrected chi connectivity index (χ4v) is 4.50. The maximum atomic E-state index is 13.3. The molecular weight excluding hydrogens is 350 g/mol. The van der Waals surface area contributed by atoms with E-state index in [-0.39, 0.29) is 11.9 Å². The number of hydrogen-bond donors (Lipinski definition) is 1. The third-order valence-corrected chi connectivity index (χ3v) is 5.94. The molecule has 0 bridgehead atoms. The van der Waals surface area contributed by atoms with Crippen molar-refractivity contribution >= 4 is 18.0 Å². The Morgan fingerprint density at radius 3 is 2.61 bits per heavy atom. The van der Waals surface area contributed by atoms with Crippen LogP contribution in [0.3, 0.4) is 0 Å². The molecule has 0 aromatic heterocycles. The number of anilines is 1. The number of amides is 2. The summed E-state index contributed by atoms with van der Waals surface area (Å²) < 4.78 is 0. The lowest BCUT2D eigenvalue weighted by molar-refractivity contribution is -0.133. The Labute approximate surface area is 166 Å². The Morgan fingerprint density at radius 2 is 1.79 bits per heavy atom. The number of likely N-dealkylation sites (tertiary alicyclic amines) is 1. The van der Waals surface area contributed by atoms with Crippen LogP contribution < -0.4 is 5.32 Å². The Morgan fingerprint density at radius 1 is 1.04 bits per heavy atom. The molecule has 2 aliphatic rings. The van der Waals surface area contributed by atoms with Crippen LogP contribution in [0.2, 0.25) is 0 Å². The van der Waals surface area contributed by atoms with E-state index in [0.717, 1.165) is 38.2 Å². The molecule has 0 aliphatic carbocycles. The maximum Gasteiger partial charge on any atom is 0.227 e. The summed E-state index contributed by atoms with van der Waals surface area (Å²) in [6.45, 7) is 3.88. The second-order valence-corrected chi connectivity index (χ2v) is 7.66. The van der Waals surface area contributed by atoms with E-state index in [9.17, 15) is 9.59 Å². The summed E-state index contributed by atoms with van der Waals surface area (Å²) in [5, 5.41) is 2.71. The number of para-hydroxylation sites is 1.